The van der Waals surface area contributed by atoms with Gasteiger partial charge >= 0.3 is 0 Å². The van der Waals surface area contributed by atoms with E-state index in [4.69, 9.17) is 0 Å². The Kier molecular flexibility index (Phi) is 5.31. The second kappa shape index (κ2) is 7.81. The van der Waals surface area contributed by atoms with Gasteiger partial charge in [-0.2, -0.15) is 0 Å². The van der Waals surface area contributed by atoms with Gasteiger partial charge in [0.2, 0.25) is 0 Å². The SMILES string of the molecule is CN=C(NCc1ccc(F)cc1)NC1CCN(c2ccccc2)C1. The van der Waals surface area contributed by atoms with Crippen LogP contribution < -0.4 is 15.5 Å². The summed E-state index contributed by atoms with van der Waals surface area (Å²) >= 11 is 0. The van der Waals surface area contributed by atoms with Gasteiger partial charge < -0.3 is 15.5 Å². The summed E-state index contributed by atoms with van der Waals surface area (Å²) in [5.74, 6) is 0.562. The van der Waals surface area contributed by atoms with Crippen LogP contribution in [0.15, 0.2) is 59.6 Å². The highest BCUT2D eigenvalue weighted by molar-refractivity contribution is 5.80. The van der Waals surface area contributed by atoms with Crippen molar-refractivity contribution in [1.82, 2.24) is 10.6 Å². The fraction of sp³-hybridized carbons (Fsp3) is 0.316. The summed E-state index contributed by atoms with van der Waals surface area (Å²) in [6.45, 7) is 2.62. The molecular formula is C19H23FN4. The Morgan fingerprint density at radius 3 is 2.62 bits per heavy atom. The van der Waals surface area contributed by atoms with Crippen molar-refractivity contribution in [2.24, 2.45) is 4.99 Å². The smallest absolute Gasteiger partial charge is 0.191 e. The molecule has 0 aromatic heterocycles. The van der Waals surface area contributed by atoms with Crippen molar-refractivity contribution >= 4 is 11.6 Å². The lowest BCUT2D eigenvalue weighted by Crippen LogP contribution is -2.44. The molecule has 1 unspecified atom stereocenters. The zero-order valence-corrected chi connectivity index (χ0v) is 13.9. The molecule has 4 nitrogen and oxygen atoms in total. The van der Waals surface area contributed by atoms with Crippen molar-refractivity contribution < 1.29 is 4.39 Å². The quantitative estimate of drug-likeness (QED) is 0.670. The normalized spacial score (nSPS) is 17.8. The van der Waals surface area contributed by atoms with E-state index in [1.807, 2.05) is 6.07 Å². The molecule has 1 atom stereocenters. The van der Waals surface area contributed by atoms with Crippen LogP contribution >= 0.6 is 0 Å². The lowest BCUT2D eigenvalue weighted by molar-refractivity contribution is 0.626. The van der Waals surface area contributed by atoms with Crippen LogP contribution in [0, 0.1) is 5.82 Å². The fourth-order valence-corrected chi connectivity index (χ4v) is 2.93. The minimum absolute atomic E-state index is 0.215. The number of halogens is 1. The topological polar surface area (TPSA) is 39.7 Å². The zero-order valence-electron chi connectivity index (χ0n) is 13.9. The highest BCUT2D eigenvalue weighted by atomic mass is 19.1. The summed E-state index contributed by atoms with van der Waals surface area (Å²) in [7, 11) is 1.77. The molecule has 0 aliphatic carbocycles. The van der Waals surface area contributed by atoms with Gasteiger partial charge in [-0.1, -0.05) is 30.3 Å². The van der Waals surface area contributed by atoms with E-state index in [0.29, 0.717) is 12.6 Å². The summed E-state index contributed by atoms with van der Waals surface area (Å²) in [4.78, 5) is 6.66. The Hall–Kier alpha value is -2.56. The van der Waals surface area contributed by atoms with Crippen LogP contribution in [0.25, 0.3) is 0 Å². The zero-order chi connectivity index (χ0) is 16.8. The van der Waals surface area contributed by atoms with Crippen LogP contribution in [-0.2, 0) is 6.54 Å². The first-order chi connectivity index (χ1) is 11.7. The lowest BCUT2D eigenvalue weighted by Gasteiger charge is -2.20. The molecule has 0 bridgehead atoms. The first-order valence-electron chi connectivity index (χ1n) is 8.26. The predicted molar refractivity (Wildman–Crippen MR) is 96.8 cm³/mol. The molecule has 3 rings (SSSR count). The van der Waals surface area contributed by atoms with Crippen LogP contribution in [-0.4, -0.2) is 32.1 Å². The highest BCUT2D eigenvalue weighted by Gasteiger charge is 2.23. The Balaban J connectivity index is 1.50. The number of anilines is 1. The summed E-state index contributed by atoms with van der Waals surface area (Å²) in [6, 6.07) is 17.3. The van der Waals surface area contributed by atoms with Gasteiger partial charge in [0.15, 0.2) is 5.96 Å². The molecule has 126 valence electrons. The fourth-order valence-electron chi connectivity index (χ4n) is 2.93. The number of aliphatic imine (C=N–C) groups is 1. The molecule has 0 radical (unpaired) electrons. The van der Waals surface area contributed by atoms with Gasteiger partial charge in [0.25, 0.3) is 0 Å². The number of rotatable bonds is 4. The van der Waals surface area contributed by atoms with Crippen LogP contribution in [0.1, 0.15) is 12.0 Å². The van der Waals surface area contributed by atoms with Crippen molar-refractivity contribution in [2.45, 2.75) is 19.0 Å². The summed E-state index contributed by atoms with van der Waals surface area (Å²) < 4.78 is 12.9. The molecule has 0 spiro atoms. The van der Waals surface area contributed by atoms with Gasteiger partial charge in [-0.3, -0.25) is 4.99 Å². The number of benzene rings is 2. The van der Waals surface area contributed by atoms with Gasteiger partial charge in [0.1, 0.15) is 5.82 Å². The Morgan fingerprint density at radius 2 is 1.92 bits per heavy atom. The first kappa shape index (κ1) is 16.3. The van der Waals surface area contributed by atoms with Crippen LogP contribution in [0.3, 0.4) is 0 Å². The maximum absolute atomic E-state index is 12.9. The highest BCUT2D eigenvalue weighted by Crippen LogP contribution is 2.19. The van der Waals surface area contributed by atoms with E-state index >= 15 is 0 Å². The third kappa shape index (κ3) is 4.25. The van der Waals surface area contributed by atoms with Gasteiger partial charge in [-0.05, 0) is 36.2 Å². The maximum Gasteiger partial charge on any atom is 0.191 e. The van der Waals surface area contributed by atoms with E-state index in [1.165, 1.54) is 17.8 Å². The largest absolute Gasteiger partial charge is 0.369 e. The Labute approximate surface area is 142 Å². The molecule has 1 fully saturated rings. The number of guanidine groups is 1. The van der Waals surface area contributed by atoms with E-state index in [-0.39, 0.29) is 5.82 Å². The molecule has 0 saturated carbocycles. The van der Waals surface area contributed by atoms with Crippen molar-refractivity contribution in [1.29, 1.82) is 0 Å². The molecular weight excluding hydrogens is 303 g/mol. The number of nitrogens with one attached hydrogen (secondary N) is 2. The first-order valence-corrected chi connectivity index (χ1v) is 8.26. The van der Waals surface area contributed by atoms with Crippen LogP contribution in [0.5, 0.6) is 0 Å². The lowest BCUT2D eigenvalue weighted by atomic mass is 10.2. The minimum atomic E-state index is -0.215. The third-order valence-electron chi connectivity index (χ3n) is 4.25. The summed E-state index contributed by atoms with van der Waals surface area (Å²) in [5, 5.41) is 6.75. The van der Waals surface area contributed by atoms with Crippen molar-refractivity contribution in [3.63, 3.8) is 0 Å². The number of hydrogen-bond donors (Lipinski definition) is 2. The molecule has 1 heterocycles. The third-order valence-corrected chi connectivity index (χ3v) is 4.25. The summed E-state index contributed by atoms with van der Waals surface area (Å²) in [6.07, 6.45) is 1.08. The molecule has 5 heteroatoms. The van der Waals surface area contributed by atoms with E-state index in [9.17, 15) is 4.39 Å². The van der Waals surface area contributed by atoms with Gasteiger partial charge in [-0.15, -0.1) is 0 Å². The molecule has 1 aliphatic rings. The number of hydrogen-bond acceptors (Lipinski definition) is 2. The molecule has 1 aliphatic heterocycles. The maximum atomic E-state index is 12.9. The average molecular weight is 326 g/mol. The molecule has 0 amide bonds. The van der Waals surface area contributed by atoms with Crippen LogP contribution in [0.2, 0.25) is 0 Å². The van der Waals surface area contributed by atoms with Crippen LogP contribution in [0.4, 0.5) is 10.1 Å². The summed E-state index contributed by atoms with van der Waals surface area (Å²) in [5.41, 5.74) is 2.28. The molecule has 2 aromatic carbocycles. The average Bonchev–Trinajstić information content (AvgIpc) is 3.09. The van der Waals surface area contributed by atoms with Gasteiger partial charge in [0, 0.05) is 38.4 Å². The number of nitrogens with zero attached hydrogens (tertiary/aromatic N) is 2. The van der Waals surface area contributed by atoms with Crippen molar-refractivity contribution in [3.8, 4) is 0 Å². The van der Waals surface area contributed by atoms with Gasteiger partial charge in [-0.25, -0.2) is 4.39 Å². The van der Waals surface area contributed by atoms with E-state index in [2.05, 4.69) is 44.8 Å². The second-order valence-electron chi connectivity index (χ2n) is 5.96. The Morgan fingerprint density at radius 1 is 1.17 bits per heavy atom. The predicted octanol–water partition coefficient (Wildman–Crippen LogP) is 2.77. The van der Waals surface area contributed by atoms with E-state index in [0.717, 1.165) is 31.0 Å². The van der Waals surface area contributed by atoms with E-state index in [1.54, 1.807) is 19.2 Å². The minimum Gasteiger partial charge on any atom is -0.369 e. The molecule has 1 saturated heterocycles. The Bertz CT molecular complexity index is 670. The van der Waals surface area contributed by atoms with E-state index < -0.39 is 0 Å². The van der Waals surface area contributed by atoms with Crippen molar-refractivity contribution in [3.05, 3.63) is 66.0 Å². The molecule has 2 aromatic rings. The molecule has 24 heavy (non-hydrogen) atoms. The second-order valence-corrected chi connectivity index (χ2v) is 5.96. The monoisotopic (exact) mass is 326 g/mol. The number of para-hydroxylation sites is 1. The van der Waals surface area contributed by atoms with Crippen molar-refractivity contribution in [2.75, 3.05) is 25.0 Å². The standard InChI is InChI=1S/C19H23FN4/c1-21-19(22-13-15-7-9-16(20)10-8-15)23-17-11-12-24(14-17)18-5-3-2-4-6-18/h2-10,17H,11-14H2,1H3,(H2,21,22,23). The molecule has 2 N–H and O–H groups in total. The van der Waals surface area contributed by atoms with Gasteiger partial charge in [0.05, 0.1) is 0 Å².